The maximum Gasteiger partial charge on any atom is 0.471 e. The van der Waals surface area contributed by atoms with Crippen molar-refractivity contribution in [2.75, 3.05) is 6.54 Å². The van der Waals surface area contributed by atoms with Crippen LogP contribution in [0.4, 0.5) is 13.2 Å². The molecule has 2 nitrogen and oxygen atoms in total. The Labute approximate surface area is 97.0 Å². The first-order valence-corrected chi connectivity index (χ1v) is 5.33. The summed E-state index contributed by atoms with van der Waals surface area (Å²) in [5, 5.41) is 0. The molecule has 0 N–H and O–H groups in total. The molecule has 92 valence electrons. The average Bonchev–Trinajstić information content (AvgIpc) is 2.27. The molecule has 2 rings (SSSR count). The third kappa shape index (κ3) is 2.28. The van der Waals surface area contributed by atoms with Crippen LogP contribution in [0.1, 0.15) is 24.0 Å². The van der Waals surface area contributed by atoms with Crippen molar-refractivity contribution >= 4 is 5.91 Å². The van der Waals surface area contributed by atoms with E-state index in [0.717, 1.165) is 16.0 Å². The van der Waals surface area contributed by atoms with Crippen molar-refractivity contribution in [2.45, 2.75) is 25.6 Å². The molecule has 0 bridgehead atoms. The van der Waals surface area contributed by atoms with Crippen molar-refractivity contribution in [1.29, 1.82) is 0 Å². The summed E-state index contributed by atoms with van der Waals surface area (Å²) in [5.74, 6) is -1.81. The van der Waals surface area contributed by atoms with Crippen molar-refractivity contribution in [3.63, 3.8) is 0 Å². The molecule has 0 saturated heterocycles. The fourth-order valence-corrected chi connectivity index (χ4v) is 2.19. The number of hydrogen-bond acceptors (Lipinski definition) is 1. The van der Waals surface area contributed by atoms with E-state index < -0.39 is 12.1 Å². The van der Waals surface area contributed by atoms with Crippen LogP contribution in [-0.4, -0.2) is 23.5 Å². The molecular weight excluding hydrogens is 231 g/mol. The minimum atomic E-state index is -4.79. The highest BCUT2D eigenvalue weighted by Crippen LogP contribution is 2.30. The highest BCUT2D eigenvalue weighted by atomic mass is 19.4. The predicted molar refractivity (Wildman–Crippen MR) is 56.3 cm³/mol. The molecule has 0 spiro atoms. The van der Waals surface area contributed by atoms with Gasteiger partial charge in [0.25, 0.3) is 0 Å². The first kappa shape index (κ1) is 12.0. The number of nitrogens with zero attached hydrogens (tertiary/aromatic N) is 1. The Morgan fingerprint density at radius 1 is 1.35 bits per heavy atom. The first-order valence-electron chi connectivity index (χ1n) is 5.33. The molecule has 5 heteroatoms. The number of benzene rings is 1. The van der Waals surface area contributed by atoms with Gasteiger partial charge in [0, 0.05) is 13.1 Å². The lowest BCUT2D eigenvalue weighted by atomic mass is 9.91. The Kier molecular flexibility index (Phi) is 2.85. The minimum absolute atomic E-state index is 0.0405. The maximum absolute atomic E-state index is 12.3. The SMILES string of the molecule is CC1CN(C(=O)C(F)(F)F)Cc2ccccc21. The molecule has 0 aliphatic carbocycles. The second kappa shape index (κ2) is 4.05. The van der Waals surface area contributed by atoms with Gasteiger partial charge in [-0.25, -0.2) is 0 Å². The zero-order valence-electron chi connectivity index (χ0n) is 9.29. The van der Waals surface area contributed by atoms with E-state index in [9.17, 15) is 18.0 Å². The van der Waals surface area contributed by atoms with Gasteiger partial charge in [-0.05, 0) is 17.0 Å². The van der Waals surface area contributed by atoms with Gasteiger partial charge in [0.05, 0.1) is 0 Å². The van der Waals surface area contributed by atoms with Gasteiger partial charge in [-0.3, -0.25) is 4.79 Å². The molecule has 17 heavy (non-hydrogen) atoms. The molecule has 1 aromatic rings. The van der Waals surface area contributed by atoms with E-state index in [1.807, 2.05) is 19.1 Å². The number of alkyl halides is 3. The minimum Gasteiger partial charge on any atom is -0.330 e. The standard InChI is InChI=1S/C12H12F3NO/c1-8-6-16(11(17)12(13,14)15)7-9-4-2-3-5-10(8)9/h2-5,8H,6-7H2,1H3. The molecule has 1 heterocycles. The molecule has 1 aliphatic rings. The molecule has 0 aromatic heterocycles. The fourth-order valence-electron chi connectivity index (χ4n) is 2.19. The van der Waals surface area contributed by atoms with E-state index in [2.05, 4.69) is 0 Å². The van der Waals surface area contributed by atoms with Crippen LogP contribution in [0.25, 0.3) is 0 Å². The number of carbonyl (C=O) groups excluding carboxylic acids is 1. The van der Waals surface area contributed by atoms with E-state index in [4.69, 9.17) is 0 Å². The highest BCUT2D eigenvalue weighted by molar-refractivity contribution is 5.82. The van der Waals surface area contributed by atoms with E-state index >= 15 is 0 Å². The predicted octanol–water partition coefficient (Wildman–Crippen LogP) is 2.69. The van der Waals surface area contributed by atoms with Gasteiger partial charge in [-0.1, -0.05) is 31.2 Å². The third-order valence-electron chi connectivity index (χ3n) is 2.97. The summed E-state index contributed by atoms with van der Waals surface area (Å²) < 4.78 is 37.0. The summed E-state index contributed by atoms with van der Waals surface area (Å²) in [6, 6.07) is 7.29. The Morgan fingerprint density at radius 3 is 2.65 bits per heavy atom. The molecule has 0 radical (unpaired) electrons. The maximum atomic E-state index is 12.3. The van der Waals surface area contributed by atoms with Crippen LogP contribution in [-0.2, 0) is 11.3 Å². The van der Waals surface area contributed by atoms with Crippen LogP contribution < -0.4 is 0 Å². The van der Waals surface area contributed by atoms with Crippen LogP contribution in [0.2, 0.25) is 0 Å². The van der Waals surface area contributed by atoms with Gasteiger partial charge in [-0.2, -0.15) is 13.2 Å². The zero-order valence-corrected chi connectivity index (χ0v) is 9.29. The Balaban J connectivity index is 2.26. The van der Waals surface area contributed by atoms with E-state index in [1.165, 1.54) is 0 Å². The molecule has 0 fully saturated rings. The van der Waals surface area contributed by atoms with Crippen LogP contribution in [0.15, 0.2) is 24.3 Å². The van der Waals surface area contributed by atoms with Crippen LogP contribution >= 0.6 is 0 Å². The Hall–Kier alpha value is -1.52. The molecule has 1 aliphatic heterocycles. The molecule has 1 amide bonds. The summed E-state index contributed by atoms with van der Waals surface area (Å²) in [5.41, 5.74) is 1.82. The topological polar surface area (TPSA) is 20.3 Å². The lowest BCUT2D eigenvalue weighted by Gasteiger charge is -2.33. The molecular formula is C12H12F3NO. The molecule has 1 unspecified atom stereocenters. The highest BCUT2D eigenvalue weighted by Gasteiger charge is 2.43. The van der Waals surface area contributed by atoms with Crippen molar-refractivity contribution in [1.82, 2.24) is 4.90 Å². The summed E-state index contributed by atoms with van der Waals surface area (Å²) in [7, 11) is 0. The summed E-state index contributed by atoms with van der Waals surface area (Å²) in [4.78, 5) is 12.0. The van der Waals surface area contributed by atoms with Gasteiger partial charge in [0.1, 0.15) is 0 Å². The van der Waals surface area contributed by atoms with E-state index in [0.29, 0.717) is 0 Å². The third-order valence-corrected chi connectivity index (χ3v) is 2.97. The van der Waals surface area contributed by atoms with Crippen molar-refractivity contribution < 1.29 is 18.0 Å². The molecule has 0 saturated carbocycles. The van der Waals surface area contributed by atoms with Gasteiger partial charge in [0.2, 0.25) is 0 Å². The van der Waals surface area contributed by atoms with Gasteiger partial charge in [0.15, 0.2) is 0 Å². The molecule has 1 aromatic carbocycles. The Bertz CT molecular complexity index is 442. The zero-order chi connectivity index (χ0) is 12.6. The van der Waals surface area contributed by atoms with Crippen molar-refractivity contribution in [3.8, 4) is 0 Å². The monoisotopic (exact) mass is 243 g/mol. The van der Waals surface area contributed by atoms with E-state index in [-0.39, 0.29) is 19.0 Å². The normalized spacial score (nSPS) is 20.0. The summed E-state index contributed by atoms with van der Waals surface area (Å²) >= 11 is 0. The fraction of sp³-hybridized carbons (Fsp3) is 0.417. The Morgan fingerprint density at radius 2 is 2.00 bits per heavy atom. The second-order valence-corrected chi connectivity index (χ2v) is 4.28. The molecule has 1 atom stereocenters. The smallest absolute Gasteiger partial charge is 0.330 e. The number of hydrogen-bond donors (Lipinski definition) is 0. The van der Waals surface area contributed by atoms with Gasteiger partial charge >= 0.3 is 12.1 Å². The largest absolute Gasteiger partial charge is 0.471 e. The van der Waals surface area contributed by atoms with Crippen molar-refractivity contribution in [3.05, 3.63) is 35.4 Å². The van der Waals surface area contributed by atoms with Crippen LogP contribution in [0.5, 0.6) is 0 Å². The van der Waals surface area contributed by atoms with Crippen LogP contribution in [0, 0.1) is 0 Å². The second-order valence-electron chi connectivity index (χ2n) is 4.28. The van der Waals surface area contributed by atoms with Crippen molar-refractivity contribution in [2.24, 2.45) is 0 Å². The van der Waals surface area contributed by atoms with Gasteiger partial charge < -0.3 is 4.90 Å². The summed E-state index contributed by atoms with van der Waals surface area (Å²) in [6.45, 7) is 1.99. The summed E-state index contributed by atoms with van der Waals surface area (Å²) in [6.07, 6.45) is -4.79. The van der Waals surface area contributed by atoms with E-state index in [1.54, 1.807) is 12.1 Å². The number of carbonyl (C=O) groups is 1. The number of fused-ring (bicyclic) bond motifs is 1. The first-order chi connectivity index (χ1) is 7.89. The quantitative estimate of drug-likeness (QED) is 0.686. The lowest BCUT2D eigenvalue weighted by Crippen LogP contribution is -2.44. The lowest BCUT2D eigenvalue weighted by molar-refractivity contribution is -0.186. The van der Waals surface area contributed by atoms with Gasteiger partial charge in [-0.15, -0.1) is 0 Å². The number of halogens is 3. The van der Waals surface area contributed by atoms with Crippen LogP contribution in [0.3, 0.4) is 0 Å². The number of amides is 1. The number of rotatable bonds is 0. The average molecular weight is 243 g/mol.